The topological polar surface area (TPSA) is 65.1 Å². The summed E-state index contributed by atoms with van der Waals surface area (Å²) in [5.74, 6) is -1.02. The van der Waals surface area contributed by atoms with Gasteiger partial charge in [-0.1, -0.05) is 11.6 Å². The number of carbonyl (C=O) groups is 1. The number of nitrogens with zero attached hydrogens (tertiary/aromatic N) is 1. The second-order valence-electron chi connectivity index (χ2n) is 5.15. The number of Topliss-reactive ketones (excluding diaryl/α,β-unsaturated/α-hetero) is 1. The molecule has 0 amide bonds. The summed E-state index contributed by atoms with van der Waals surface area (Å²) in [6, 6.07) is 0.0770. The van der Waals surface area contributed by atoms with E-state index >= 15 is 0 Å². The van der Waals surface area contributed by atoms with Crippen LogP contribution in [-0.2, 0) is 0 Å². The number of hydrogen-bond acceptors (Lipinski definition) is 3. The van der Waals surface area contributed by atoms with E-state index in [4.69, 9.17) is 17.3 Å². The largest absolute Gasteiger partial charge is 0.397 e. The number of pyridine rings is 1. The van der Waals surface area contributed by atoms with E-state index in [2.05, 4.69) is 15.9 Å². The fourth-order valence-electron chi connectivity index (χ4n) is 2.43. The van der Waals surface area contributed by atoms with Gasteiger partial charge in [-0.2, -0.15) is 0 Å². The van der Waals surface area contributed by atoms with Gasteiger partial charge >= 0.3 is 0 Å². The van der Waals surface area contributed by atoms with Crippen molar-refractivity contribution in [2.45, 2.75) is 25.8 Å². The fraction of sp³-hybridized carbons (Fsp3) is 0.286. The van der Waals surface area contributed by atoms with Crippen LogP contribution in [0.15, 0.2) is 15.5 Å². The van der Waals surface area contributed by atoms with Crippen molar-refractivity contribution in [3.05, 3.63) is 37.3 Å². The molecule has 0 saturated heterocycles. The molecule has 2 aromatic rings. The number of hydrogen-bond donors (Lipinski definition) is 1. The zero-order chi connectivity index (χ0) is 15.5. The van der Waals surface area contributed by atoms with Gasteiger partial charge in [0.15, 0.2) is 11.6 Å². The quantitative estimate of drug-likeness (QED) is 0.496. The van der Waals surface area contributed by atoms with Crippen molar-refractivity contribution in [1.82, 2.24) is 4.57 Å². The zero-order valence-electron chi connectivity index (χ0n) is 11.0. The molecule has 1 saturated carbocycles. The van der Waals surface area contributed by atoms with Gasteiger partial charge in [0.25, 0.3) is 0 Å². The maximum Gasteiger partial charge on any atom is 0.202 e. The normalized spacial score (nSPS) is 14.7. The monoisotopic (exact) mass is 372 g/mol. The Bertz CT molecular complexity index is 859. The Morgan fingerprint density at radius 3 is 2.67 bits per heavy atom. The summed E-state index contributed by atoms with van der Waals surface area (Å²) in [7, 11) is 0. The molecule has 1 aromatic heterocycles. The van der Waals surface area contributed by atoms with Gasteiger partial charge in [-0.15, -0.1) is 0 Å². The molecule has 3 rings (SSSR count). The molecule has 0 spiro atoms. The third-order valence-electron chi connectivity index (χ3n) is 3.65. The predicted molar refractivity (Wildman–Crippen MR) is 83.6 cm³/mol. The maximum absolute atomic E-state index is 14.6. The molecule has 0 unspecified atom stereocenters. The Balaban J connectivity index is 2.59. The molecule has 0 radical (unpaired) electrons. The van der Waals surface area contributed by atoms with E-state index in [1.165, 1.54) is 13.1 Å². The number of ketones is 1. The van der Waals surface area contributed by atoms with E-state index in [9.17, 15) is 14.0 Å². The SMILES string of the molecule is CC(=O)c1cn(C2CC2)c2c(F)c(Br)c(Cl)c(N)c2c1=O. The first-order valence-corrected chi connectivity index (χ1v) is 7.53. The van der Waals surface area contributed by atoms with Crippen molar-refractivity contribution in [3.8, 4) is 0 Å². The highest BCUT2D eigenvalue weighted by atomic mass is 79.9. The highest BCUT2D eigenvalue weighted by molar-refractivity contribution is 9.10. The number of carbonyl (C=O) groups excluding carboxylic acids is 1. The number of fused-ring (bicyclic) bond motifs is 1. The van der Waals surface area contributed by atoms with Crippen molar-refractivity contribution in [2.24, 2.45) is 0 Å². The van der Waals surface area contributed by atoms with Crippen molar-refractivity contribution >= 4 is 49.9 Å². The van der Waals surface area contributed by atoms with Crippen molar-refractivity contribution < 1.29 is 9.18 Å². The molecule has 21 heavy (non-hydrogen) atoms. The maximum atomic E-state index is 14.6. The molecule has 1 aliphatic carbocycles. The predicted octanol–water partition coefficient (Wildman–Crippen LogP) is 3.68. The van der Waals surface area contributed by atoms with Crippen LogP contribution >= 0.6 is 27.5 Å². The molecule has 0 atom stereocenters. The lowest BCUT2D eigenvalue weighted by molar-refractivity contribution is 0.101. The highest BCUT2D eigenvalue weighted by Crippen LogP contribution is 2.42. The molecule has 4 nitrogen and oxygen atoms in total. The lowest BCUT2D eigenvalue weighted by Crippen LogP contribution is -2.19. The molecule has 1 aliphatic rings. The van der Waals surface area contributed by atoms with Gasteiger partial charge in [0, 0.05) is 12.2 Å². The molecular formula is C14H11BrClFN2O2. The Morgan fingerprint density at radius 2 is 2.14 bits per heavy atom. The van der Waals surface area contributed by atoms with Crippen LogP contribution in [0.1, 0.15) is 36.2 Å². The summed E-state index contributed by atoms with van der Waals surface area (Å²) >= 11 is 9.03. The van der Waals surface area contributed by atoms with E-state index in [0.717, 1.165) is 12.8 Å². The van der Waals surface area contributed by atoms with Gasteiger partial charge in [-0.05, 0) is 35.7 Å². The highest BCUT2D eigenvalue weighted by Gasteiger charge is 2.30. The van der Waals surface area contributed by atoms with E-state index in [0.29, 0.717) is 0 Å². The molecule has 0 aliphatic heterocycles. The van der Waals surface area contributed by atoms with Gasteiger partial charge in [0.1, 0.15) is 0 Å². The van der Waals surface area contributed by atoms with E-state index in [1.807, 2.05) is 0 Å². The summed E-state index contributed by atoms with van der Waals surface area (Å²) in [5.41, 5.74) is 5.40. The van der Waals surface area contributed by atoms with Gasteiger partial charge < -0.3 is 10.3 Å². The minimum atomic E-state index is -0.636. The Hall–Kier alpha value is -1.40. The number of halogens is 3. The Kier molecular flexibility index (Phi) is 3.33. The first-order chi connectivity index (χ1) is 9.84. The smallest absolute Gasteiger partial charge is 0.202 e. The zero-order valence-corrected chi connectivity index (χ0v) is 13.4. The average Bonchev–Trinajstić information content (AvgIpc) is 3.26. The van der Waals surface area contributed by atoms with Crippen LogP contribution in [0.25, 0.3) is 10.9 Å². The number of anilines is 1. The van der Waals surface area contributed by atoms with Crippen LogP contribution in [0.2, 0.25) is 5.02 Å². The second kappa shape index (κ2) is 4.81. The van der Waals surface area contributed by atoms with E-state index in [-0.39, 0.29) is 43.5 Å². The molecular weight excluding hydrogens is 363 g/mol. The van der Waals surface area contributed by atoms with Gasteiger partial charge in [0.05, 0.1) is 31.6 Å². The Labute approximate surface area is 132 Å². The lowest BCUT2D eigenvalue weighted by atomic mass is 10.1. The van der Waals surface area contributed by atoms with E-state index in [1.54, 1.807) is 4.57 Å². The Morgan fingerprint density at radius 1 is 1.52 bits per heavy atom. The average molecular weight is 374 g/mol. The minimum absolute atomic E-state index is 0.00103. The van der Waals surface area contributed by atoms with Crippen molar-refractivity contribution in [2.75, 3.05) is 5.73 Å². The van der Waals surface area contributed by atoms with Crippen molar-refractivity contribution in [1.29, 1.82) is 0 Å². The fourth-order valence-corrected chi connectivity index (χ4v) is 3.01. The number of nitrogen functional groups attached to an aromatic ring is 1. The molecule has 1 aromatic carbocycles. The van der Waals surface area contributed by atoms with E-state index < -0.39 is 11.2 Å². The number of benzene rings is 1. The molecule has 7 heteroatoms. The summed E-state index contributed by atoms with van der Waals surface area (Å²) in [5, 5.41) is -0.0829. The number of aromatic nitrogens is 1. The summed E-state index contributed by atoms with van der Waals surface area (Å²) in [6.07, 6.45) is 3.16. The van der Waals surface area contributed by atoms with Gasteiger partial charge in [-0.3, -0.25) is 9.59 Å². The van der Waals surface area contributed by atoms with Crippen LogP contribution in [0.3, 0.4) is 0 Å². The molecule has 110 valence electrons. The minimum Gasteiger partial charge on any atom is -0.397 e. The lowest BCUT2D eigenvalue weighted by Gasteiger charge is -2.16. The third-order valence-corrected chi connectivity index (χ3v) is 5.02. The van der Waals surface area contributed by atoms with Crippen molar-refractivity contribution in [3.63, 3.8) is 0 Å². The summed E-state index contributed by atoms with van der Waals surface area (Å²) < 4.78 is 16.2. The summed E-state index contributed by atoms with van der Waals surface area (Å²) in [6.45, 7) is 1.30. The standard InChI is InChI=1S/C14H11BrClFN2O2/c1-5(20)7-4-19(6-2-3-6)13-8(14(7)21)12(18)10(16)9(15)11(13)17/h4,6H,2-3,18H2,1H3. The summed E-state index contributed by atoms with van der Waals surface area (Å²) in [4.78, 5) is 24.1. The first-order valence-electron chi connectivity index (χ1n) is 6.36. The van der Waals surface area contributed by atoms with Gasteiger partial charge in [0.2, 0.25) is 5.43 Å². The number of nitrogens with two attached hydrogens (primary N) is 1. The molecule has 1 heterocycles. The van der Waals surface area contributed by atoms with Crippen LogP contribution in [0.5, 0.6) is 0 Å². The van der Waals surface area contributed by atoms with Crippen LogP contribution in [-0.4, -0.2) is 10.4 Å². The van der Waals surface area contributed by atoms with Crippen LogP contribution in [0.4, 0.5) is 10.1 Å². The number of rotatable bonds is 2. The molecule has 0 bridgehead atoms. The van der Waals surface area contributed by atoms with Gasteiger partial charge in [-0.25, -0.2) is 4.39 Å². The molecule has 1 fully saturated rings. The third kappa shape index (κ3) is 2.08. The second-order valence-corrected chi connectivity index (χ2v) is 6.32. The first kappa shape index (κ1) is 14.5. The van der Waals surface area contributed by atoms with Crippen LogP contribution < -0.4 is 11.2 Å². The molecule has 2 N–H and O–H groups in total. The van der Waals surface area contributed by atoms with Crippen LogP contribution in [0, 0.1) is 5.82 Å².